The molecule has 1 unspecified atom stereocenters. The van der Waals surface area contributed by atoms with Crippen molar-refractivity contribution in [3.63, 3.8) is 0 Å². The lowest BCUT2D eigenvalue weighted by molar-refractivity contribution is -0.130. The van der Waals surface area contributed by atoms with E-state index in [9.17, 15) is 4.79 Å². The molecule has 20 heavy (non-hydrogen) atoms. The third kappa shape index (κ3) is 5.17. The Morgan fingerprint density at radius 1 is 1.40 bits per heavy atom. The average Bonchev–Trinajstić information content (AvgIpc) is 2.97. The van der Waals surface area contributed by atoms with Crippen LogP contribution in [0, 0.1) is 5.92 Å². The molecule has 1 saturated heterocycles. The fraction of sp³-hybridized carbons (Fsp3) is 0.562. The Morgan fingerprint density at radius 2 is 2.20 bits per heavy atom. The van der Waals surface area contributed by atoms with Gasteiger partial charge >= 0.3 is 0 Å². The van der Waals surface area contributed by atoms with Crippen LogP contribution in [0.25, 0.3) is 0 Å². The largest absolute Gasteiger partial charge is 0.381 e. The molecule has 4 heteroatoms. The van der Waals surface area contributed by atoms with Crippen molar-refractivity contribution in [2.75, 3.05) is 32.6 Å². The van der Waals surface area contributed by atoms with E-state index in [-0.39, 0.29) is 5.91 Å². The SMILES string of the molecule is CN(CCCSc1ccccc1)C(=O)CC1CCOC1. The predicted octanol–water partition coefficient (Wildman–Crippen LogP) is 3.05. The van der Waals surface area contributed by atoms with Gasteiger partial charge in [0.05, 0.1) is 0 Å². The number of carbonyl (C=O) groups excluding carboxylic acids is 1. The highest BCUT2D eigenvalue weighted by molar-refractivity contribution is 7.99. The second-order valence-electron chi connectivity index (χ2n) is 5.26. The molecule has 0 spiro atoms. The zero-order valence-electron chi connectivity index (χ0n) is 12.1. The summed E-state index contributed by atoms with van der Waals surface area (Å²) >= 11 is 1.85. The zero-order valence-corrected chi connectivity index (χ0v) is 12.9. The highest BCUT2D eigenvalue weighted by atomic mass is 32.2. The Labute approximate surface area is 125 Å². The minimum Gasteiger partial charge on any atom is -0.381 e. The zero-order chi connectivity index (χ0) is 14.2. The Hall–Kier alpha value is -1.00. The van der Waals surface area contributed by atoms with Crippen molar-refractivity contribution in [1.29, 1.82) is 0 Å². The molecule has 1 aliphatic rings. The highest BCUT2D eigenvalue weighted by Gasteiger charge is 2.20. The van der Waals surface area contributed by atoms with Crippen LogP contribution < -0.4 is 0 Å². The maximum atomic E-state index is 12.0. The average molecular weight is 293 g/mol. The lowest BCUT2D eigenvalue weighted by Gasteiger charge is -2.18. The Morgan fingerprint density at radius 3 is 2.90 bits per heavy atom. The van der Waals surface area contributed by atoms with E-state index in [1.54, 1.807) is 0 Å². The lowest BCUT2D eigenvalue weighted by atomic mass is 10.0. The van der Waals surface area contributed by atoms with Gasteiger partial charge < -0.3 is 9.64 Å². The van der Waals surface area contributed by atoms with Crippen molar-refractivity contribution < 1.29 is 9.53 Å². The predicted molar refractivity (Wildman–Crippen MR) is 83.0 cm³/mol. The monoisotopic (exact) mass is 293 g/mol. The number of hydrogen-bond donors (Lipinski definition) is 0. The third-order valence-corrected chi connectivity index (χ3v) is 4.66. The van der Waals surface area contributed by atoms with Crippen molar-refractivity contribution in [1.82, 2.24) is 4.90 Å². The third-order valence-electron chi connectivity index (χ3n) is 3.56. The van der Waals surface area contributed by atoms with Gasteiger partial charge in [-0.05, 0) is 36.6 Å². The van der Waals surface area contributed by atoms with E-state index in [2.05, 4.69) is 24.3 Å². The number of amides is 1. The van der Waals surface area contributed by atoms with Crippen molar-refractivity contribution >= 4 is 17.7 Å². The molecule has 1 atom stereocenters. The molecule has 0 aliphatic carbocycles. The number of hydrogen-bond acceptors (Lipinski definition) is 3. The van der Waals surface area contributed by atoms with Crippen LogP contribution >= 0.6 is 11.8 Å². The molecule has 0 saturated carbocycles. The van der Waals surface area contributed by atoms with Crippen LogP contribution in [0.3, 0.4) is 0 Å². The fourth-order valence-electron chi connectivity index (χ4n) is 2.28. The van der Waals surface area contributed by atoms with Crippen LogP contribution in [0.5, 0.6) is 0 Å². The van der Waals surface area contributed by atoms with Crippen LogP contribution in [-0.2, 0) is 9.53 Å². The van der Waals surface area contributed by atoms with E-state index in [1.165, 1.54) is 4.90 Å². The Balaban J connectivity index is 1.59. The molecule has 110 valence electrons. The normalized spacial score (nSPS) is 18.1. The number of thioether (sulfide) groups is 1. The molecule has 1 amide bonds. The van der Waals surface area contributed by atoms with Crippen molar-refractivity contribution in [3.05, 3.63) is 30.3 Å². The summed E-state index contributed by atoms with van der Waals surface area (Å²) in [6.45, 7) is 2.41. The summed E-state index contributed by atoms with van der Waals surface area (Å²) < 4.78 is 5.31. The number of benzene rings is 1. The summed E-state index contributed by atoms with van der Waals surface area (Å²) in [6, 6.07) is 10.4. The number of nitrogens with zero attached hydrogens (tertiary/aromatic N) is 1. The van der Waals surface area contributed by atoms with Gasteiger partial charge in [0, 0.05) is 38.1 Å². The van der Waals surface area contributed by atoms with E-state index in [0.717, 1.165) is 38.4 Å². The van der Waals surface area contributed by atoms with Crippen molar-refractivity contribution in [3.8, 4) is 0 Å². The first-order valence-corrected chi connectivity index (χ1v) is 8.24. The molecule has 0 radical (unpaired) electrons. The van der Waals surface area contributed by atoms with Gasteiger partial charge in [0.15, 0.2) is 0 Å². The first-order chi connectivity index (χ1) is 9.75. The number of rotatable bonds is 7. The van der Waals surface area contributed by atoms with Gasteiger partial charge in [-0.3, -0.25) is 4.79 Å². The van der Waals surface area contributed by atoms with E-state index in [0.29, 0.717) is 12.3 Å². The summed E-state index contributed by atoms with van der Waals surface area (Å²) in [7, 11) is 1.91. The maximum absolute atomic E-state index is 12.0. The fourth-order valence-corrected chi connectivity index (χ4v) is 3.14. The standard InChI is InChI=1S/C16H23NO2S/c1-17(16(18)12-14-8-10-19-13-14)9-5-11-20-15-6-3-2-4-7-15/h2-4,6-7,14H,5,8-13H2,1H3. The van der Waals surface area contributed by atoms with Gasteiger partial charge in [-0.15, -0.1) is 11.8 Å². The lowest BCUT2D eigenvalue weighted by Crippen LogP contribution is -2.29. The minimum absolute atomic E-state index is 0.255. The number of ether oxygens (including phenoxy) is 1. The summed E-state index contributed by atoms with van der Waals surface area (Å²) in [4.78, 5) is 15.2. The smallest absolute Gasteiger partial charge is 0.222 e. The van der Waals surface area contributed by atoms with Gasteiger partial charge in [0.25, 0.3) is 0 Å². The summed E-state index contributed by atoms with van der Waals surface area (Å²) in [5.41, 5.74) is 0. The molecule has 1 aromatic carbocycles. The summed E-state index contributed by atoms with van der Waals surface area (Å²) in [5, 5.41) is 0. The maximum Gasteiger partial charge on any atom is 0.222 e. The molecule has 0 bridgehead atoms. The second kappa shape index (κ2) is 8.32. The van der Waals surface area contributed by atoms with E-state index in [4.69, 9.17) is 4.74 Å². The molecule has 1 aliphatic heterocycles. The van der Waals surface area contributed by atoms with Gasteiger partial charge in [0.2, 0.25) is 5.91 Å². The first kappa shape index (κ1) is 15.4. The van der Waals surface area contributed by atoms with Crippen molar-refractivity contribution in [2.45, 2.75) is 24.2 Å². The summed E-state index contributed by atoms with van der Waals surface area (Å²) in [5.74, 6) is 1.74. The summed E-state index contributed by atoms with van der Waals surface area (Å²) in [6.07, 6.45) is 2.70. The molecule has 1 aromatic rings. The topological polar surface area (TPSA) is 29.5 Å². The van der Waals surface area contributed by atoms with Crippen molar-refractivity contribution in [2.24, 2.45) is 5.92 Å². The second-order valence-corrected chi connectivity index (χ2v) is 6.43. The minimum atomic E-state index is 0.255. The molecular formula is C16H23NO2S. The highest BCUT2D eigenvalue weighted by Crippen LogP contribution is 2.19. The van der Waals surface area contributed by atoms with Crippen LogP contribution in [0.2, 0.25) is 0 Å². The van der Waals surface area contributed by atoms with E-state index >= 15 is 0 Å². The van der Waals surface area contributed by atoms with E-state index < -0.39 is 0 Å². The Bertz CT molecular complexity index is 404. The Kier molecular flexibility index (Phi) is 6.40. The first-order valence-electron chi connectivity index (χ1n) is 7.25. The molecule has 2 rings (SSSR count). The molecule has 1 heterocycles. The van der Waals surface area contributed by atoms with Gasteiger partial charge in [-0.25, -0.2) is 0 Å². The van der Waals surface area contributed by atoms with Gasteiger partial charge in [0.1, 0.15) is 0 Å². The quantitative estimate of drug-likeness (QED) is 0.571. The van der Waals surface area contributed by atoms with Crippen LogP contribution in [-0.4, -0.2) is 43.4 Å². The van der Waals surface area contributed by atoms with Gasteiger partial charge in [-0.2, -0.15) is 0 Å². The van der Waals surface area contributed by atoms with E-state index in [1.807, 2.05) is 29.8 Å². The molecule has 1 fully saturated rings. The molecule has 0 N–H and O–H groups in total. The molecular weight excluding hydrogens is 270 g/mol. The van der Waals surface area contributed by atoms with Crippen LogP contribution in [0.1, 0.15) is 19.3 Å². The van der Waals surface area contributed by atoms with Gasteiger partial charge in [-0.1, -0.05) is 18.2 Å². The van der Waals surface area contributed by atoms with Crippen LogP contribution in [0.4, 0.5) is 0 Å². The van der Waals surface area contributed by atoms with Crippen LogP contribution in [0.15, 0.2) is 35.2 Å². The number of carbonyl (C=O) groups is 1. The molecule has 3 nitrogen and oxygen atoms in total. The molecule has 0 aromatic heterocycles.